The first-order valence-corrected chi connectivity index (χ1v) is 17.0. The van der Waals surface area contributed by atoms with Gasteiger partial charge in [0.2, 0.25) is 0 Å². The van der Waals surface area contributed by atoms with Gasteiger partial charge in [0, 0.05) is 28.7 Å². The number of hydrogen-bond acceptors (Lipinski definition) is 6. The highest BCUT2D eigenvalue weighted by Crippen LogP contribution is 2.37. The number of hydrogen-bond donors (Lipinski definition) is 0. The van der Waals surface area contributed by atoms with Crippen LogP contribution < -0.4 is 9.64 Å². The van der Waals surface area contributed by atoms with Gasteiger partial charge in [0.15, 0.2) is 6.10 Å². The van der Waals surface area contributed by atoms with Gasteiger partial charge >= 0.3 is 11.9 Å². The quantitative estimate of drug-likeness (QED) is 0.0840. The van der Waals surface area contributed by atoms with Gasteiger partial charge in [0.25, 0.3) is 0 Å². The Labute approximate surface area is 304 Å². The molecule has 0 fully saturated rings. The molecule has 6 heteroatoms. The van der Waals surface area contributed by atoms with Gasteiger partial charge in [0.05, 0.1) is 0 Å². The summed E-state index contributed by atoms with van der Waals surface area (Å²) in [5.74, 6) is -0.624. The van der Waals surface area contributed by atoms with E-state index < -0.39 is 18.0 Å². The minimum absolute atomic E-state index is 0.00835. The van der Waals surface area contributed by atoms with Gasteiger partial charge in [-0.1, -0.05) is 122 Å². The van der Waals surface area contributed by atoms with E-state index in [0.717, 1.165) is 45.4 Å². The summed E-state index contributed by atoms with van der Waals surface area (Å²) in [7, 11) is 0. The fraction of sp³-hybridized carbons (Fsp3) is 0.0870. The van der Waals surface area contributed by atoms with Gasteiger partial charge in [-0.25, -0.2) is 9.59 Å². The molecule has 1 unspecified atom stereocenters. The summed E-state index contributed by atoms with van der Waals surface area (Å²) in [4.78, 5) is 25.9. The monoisotopic (exact) mass is 685 g/mol. The highest BCUT2D eigenvalue weighted by Gasteiger charge is 2.18. The Bertz CT molecular complexity index is 2020. The minimum Gasteiger partial charge on any atom is -0.490 e. The van der Waals surface area contributed by atoms with E-state index in [1.807, 2.05) is 36.4 Å². The summed E-state index contributed by atoms with van der Waals surface area (Å²) in [6.07, 6.45) is 0.240. The highest BCUT2D eigenvalue weighted by atomic mass is 16.6. The zero-order chi connectivity index (χ0) is 36.3. The summed E-state index contributed by atoms with van der Waals surface area (Å²) in [6, 6.07) is 54.1. The van der Waals surface area contributed by atoms with Gasteiger partial charge in [-0.2, -0.15) is 0 Å². The van der Waals surface area contributed by atoms with Crippen LogP contribution in [0, 0.1) is 0 Å². The second-order valence-corrected chi connectivity index (χ2v) is 12.2. The molecule has 258 valence electrons. The van der Waals surface area contributed by atoms with Crippen LogP contribution in [0.25, 0.3) is 33.4 Å². The van der Waals surface area contributed by atoms with Gasteiger partial charge in [0.1, 0.15) is 19.0 Å². The maximum atomic E-state index is 11.8. The van der Waals surface area contributed by atoms with Crippen molar-refractivity contribution in [3.05, 3.63) is 183 Å². The third-order valence-electron chi connectivity index (χ3n) is 8.41. The summed E-state index contributed by atoms with van der Waals surface area (Å²) in [5, 5.41) is 0. The summed E-state index contributed by atoms with van der Waals surface area (Å²) in [6.45, 7) is 8.37. The van der Waals surface area contributed by atoms with Crippen molar-refractivity contribution in [3.8, 4) is 39.1 Å². The lowest BCUT2D eigenvalue weighted by Gasteiger charge is -2.26. The van der Waals surface area contributed by atoms with E-state index in [4.69, 9.17) is 14.2 Å². The number of carbonyl (C=O) groups is 2. The second-order valence-electron chi connectivity index (χ2n) is 12.2. The molecule has 0 amide bonds. The Morgan fingerprint density at radius 3 is 1.35 bits per heavy atom. The van der Waals surface area contributed by atoms with E-state index in [0.29, 0.717) is 5.75 Å². The van der Waals surface area contributed by atoms with Crippen LogP contribution in [0.4, 0.5) is 17.1 Å². The van der Waals surface area contributed by atoms with Crippen molar-refractivity contribution in [2.24, 2.45) is 0 Å². The number of carbonyl (C=O) groups excluding carboxylic acids is 2. The molecule has 52 heavy (non-hydrogen) atoms. The first-order valence-electron chi connectivity index (χ1n) is 17.0. The molecular weight excluding hydrogens is 647 g/mol. The maximum Gasteiger partial charge on any atom is 0.333 e. The van der Waals surface area contributed by atoms with E-state index >= 15 is 0 Å². The molecule has 0 heterocycles. The molecule has 0 aliphatic carbocycles. The second kappa shape index (κ2) is 16.8. The minimum atomic E-state index is -0.812. The van der Waals surface area contributed by atoms with Crippen molar-refractivity contribution >= 4 is 29.0 Å². The molecule has 6 aromatic carbocycles. The number of ether oxygens (including phenoxy) is 3. The molecule has 1 atom stereocenters. The van der Waals surface area contributed by atoms with Crippen molar-refractivity contribution in [1.29, 1.82) is 0 Å². The van der Waals surface area contributed by atoms with Crippen molar-refractivity contribution in [2.75, 3.05) is 18.1 Å². The molecule has 0 bridgehead atoms. The third kappa shape index (κ3) is 8.92. The van der Waals surface area contributed by atoms with Crippen LogP contribution in [-0.4, -0.2) is 31.3 Å². The van der Waals surface area contributed by atoms with Crippen molar-refractivity contribution in [2.45, 2.75) is 13.0 Å². The zero-order valence-electron chi connectivity index (χ0n) is 29.0. The zero-order valence-corrected chi connectivity index (χ0v) is 29.0. The fourth-order valence-electron chi connectivity index (χ4n) is 5.67. The molecule has 0 aliphatic heterocycles. The molecule has 0 spiro atoms. The summed E-state index contributed by atoms with van der Waals surface area (Å²) in [5.41, 5.74) is 10.1. The van der Waals surface area contributed by atoms with Crippen molar-refractivity contribution in [1.82, 2.24) is 0 Å². The van der Waals surface area contributed by atoms with Crippen LogP contribution in [-0.2, 0) is 19.1 Å². The van der Waals surface area contributed by atoms with Gasteiger partial charge in [-0.15, -0.1) is 0 Å². The lowest BCUT2D eigenvalue weighted by atomic mass is 10.0. The highest BCUT2D eigenvalue weighted by molar-refractivity contribution is 5.87. The Hall–Kier alpha value is -6.66. The molecule has 0 aliphatic rings. The van der Waals surface area contributed by atoms with Crippen LogP contribution >= 0.6 is 0 Å². The number of nitrogens with zero attached hydrogens (tertiary/aromatic N) is 1. The van der Waals surface area contributed by atoms with Crippen LogP contribution in [0.1, 0.15) is 6.92 Å². The predicted molar refractivity (Wildman–Crippen MR) is 209 cm³/mol. The first-order chi connectivity index (χ1) is 25.4. The molecule has 0 aromatic heterocycles. The summed E-state index contributed by atoms with van der Waals surface area (Å²) >= 11 is 0. The van der Waals surface area contributed by atoms with Crippen molar-refractivity contribution < 1.29 is 23.8 Å². The molecule has 6 nitrogen and oxygen atoms in total. The van der Waals surface area contributed by atoms with E-state index in [-0.39, 0.29) is 18.8 Å². The molecule has 0 saturated carbocycles. The molecular formula is C46H39NO5. The topological polar surface area (TPSA) is 65.1 Å². The largest absolute Gasteiger partial charge is 0.490 e. The van der Waals surface area contributed by atoms with E-state index in [2.05, 4.69) is 139 Å². The van der Waals surface area contributed by atoms with Crippen molar-refractivity contribution in [3.63, 3.8) is 0 Å². The number of rotatable bonds is 14. The average molecular weight is 686 g/mol. The first kappa shape index (κ1) is 35.2. The van der Waals surface area contributed by atoms with E-state index in [1.54, 1.807) is 6.92 Å². The van der Waals surface area contributed by atoms with Gasteiger partial charge in [-0.3, -0.25) is 0 Å². The Balaban J connectivity index is 1.20. The number of anilines is 3. The smallest absolute Gasteiger partial charge is 0.333 e. The molecule has 0 saturated heterocycles. The van der Waals surface area contributed by atoms with Crippen LogP contribution in [0.3, 0.4) is 0 Å². The maximum absolute atomic E-state index is 11.8. The van der Waals surface area contributed by atoms with E-state index in [9.17, 15) is 9.59 Å². The van der Waals surface area contributed by atoms with Gasteiger partial charge < -0.3 is 19.1 Å². The number of esters is 2. The van der Waals surface area contributed by atoms with Crippen LogP contribution in [0.15, 0.2) is 183 Å². The Morgan fingerprint density at radius 1 is 0.577 bits per heavy atom. The SMILES string of the molecule is C=CC(=O)OC(COC(=O)C(=C)C)COc1ccc(-c2ccc(N(c3ccc(-c4ccccc4)cc3)c3ccc(-c4ccccc4)cc3)cc2)cc1. The van der Waals surface area contributed by atoms with Crippen LogP contribution in [0.5, 0.6) is 5.75 Å². The molecule has 0 radical (unpaired) electrons. The Morgan fingerprint density at radius 2 is 0.962 bits per heavy atom. The molecule has 6 aromatic rings. The van der Waals surface area contributed by atoms with E-state index in [1.165, 1.54) is 11.1 Å². The third-order valence-corrected chi connectivity index (χ3v) is 8.41. The average Bonchev–Trinajstić information content (AvgIpc) is 3.20. The lowest BCUT2D eigenvalue weighted by Crippen LogP contribution is -2.30. The normalized spacial score (nSPS) is 11.2. The number of benzene rings is 6. The summed E-state index contributed by atoms with van der Waals surface area (Å²) < 4.78 is 16.4. The molecule has 6 rings (SSSR count). The molecule has 0 N–H and O–H groups in total. The standard InChI is InChI=1S/C46H39NO5/c1-4-45(48)52-44(32-51-46(49)33(2)3)31-50-43-29-21-39(22-30-43)38-19-27-42(28-20-38)47(40-23-15-36(16-24-40)34-11-7-5-8-12-34)41-25-17-37(18-26-41)35-13-9-6-10-14-35/h4-30,44H,1-2,31-32H2,3H3. The van der Waals surface area contributed by atoms with Gasteiger partial charge in [-0.05, 0) is 88.8 Å². The lowest BCUT2D eigenvalue weighted by molar-refractivity contribution is -0.154. The fourth-order valence-corrected chi connectivity index (χ4v) is 5.67. The van der Waals surface area contributed by atoms with Crippen LogP contribution in [0.2, 0.25) is 0 Å². The Kier molecular flexibility index (Phi) is 11.4. The predicted octanol–water partition coefficient (Wildman–Crippen LogP) is 10.8.